The van der Waals surface area contributed by atoms with E-state index in [9.17, 15) is 9.90 Å². The Labute approximate surface area is 202 Å². The fraction of sp³-hybridized carbons (Fsp3) is 0.154. The molecule has 0 amide bonds. The molecular formula is C26H22Cl2N2O3. The largest absolute Gasteiger partial charge is 0.497 e. The highest BCUT2D eigenvalue weighted by atomic mass is 35.5. The van der Waals surface area contributed by atoms with Crippen LogP contribution in [0, 0.1) is 0 Å². The molecule has 1 heterocycles. The van der Waals surface area contributed by atoms with Gasteiger partial charge in [-0.3, -0.25) is 4.79 Å². The molecule has 7 heteroatoms. The number of carbonyl (C=O) groups is 1. The first kappa shape index (κ1) is 22.9. The van der Waals surface area contributed by atoms with Crippen LogP contribution in [0.1, 0.15) is 11.4 Å². The van der Waals surface area contributed by atoms with Crippen molar-refractivity contribution in [1.82, 2.24) is 9.55 Å². The minimum absolute atomic E-state index is 0.163. The number of carboxylic acids is 1. The minimum atomic E-state index is -0.925. The SMILES string of the molecule is COc1ccc(-c2ccc(CCc3nc(-c4ccc(Cl)cc4Cl)cn3CC(=O)O)cc2)cc1. The molecule has 1 N–H and O–H groups in total. The first-order valence-electron chi connectivity index (χ1n) is 10.4. The average molecular weight is 481 g/mol. The van der Waals surface area contributed by atoms with Crippen LogP contribution < -0.4 is 4.74 Å². The van der Waals surface area contributed by atoms with E-state index in [1.54, 1.807) is 36.1 Å². The van der Waals surface area contributed by atoms with Gasteiger partial charge >= 0.3 is 5.97 Å². The molecule has 5 nitrogen and oxygen atoms in total. The lowest BCUT2D eigenvalue weighted by Crippen LogP contribution is -2.11. The molecule has 33 heavy (non-hydrogen) atoms. The van der Waals surface area contributed by atoms with Crippen molar-refractivity contribution < 1.29 is 14.6 Å². The number of nitrogens with zero attached hydrogens (tertiary/aromatic N) is 2. The van der Waals surface area contributed by atoms with Crippen LogP contribution in [0.5, 0.6) is 5.75 Å². The molecule has 0 spiro atoms. The first-order valence-corrected chi connectivity index (χ1v) is 11.1. The van der Waals surface area contributed by atoms with Crippen molar-refractivity contribution in [3.8, 4) is 28.1 Å². The number of aromatic nitrogens is 2. The molecule has 0 bridgehead atoms. The van der Waals surface area contributed by atoms with Crippen LogP contribution in [0.25, 0.3) is 22.4 Å². The van der Waals surface area contributed by atoms with E-state index in [-0.39, 0.29) is 6.54 Å². The summed E-state index contributed by atoms with van der Waals surface area (Å²) >= 11 is 12.3. The normalized spacial score (nSPS) is 10.9. The lowest BCUT2D eigenvalue weighted by Gasteiger charge is -2.07. The summed E-state index contributed by atoms with van der Waals surface area (Å²) in [4.78, 5) is 16.0. The zero-order valence-corrected chi connectivity index (χ0v) is 19.5. The Morgan fingerprint density at radius 3 is 2.24 bits per heavy atom. The average Bonchev–Trinajstić information content (AvgIpc) is 3.19. The maximum absolute atomic E-state index is 11.4. The van der Waals surface area contributed by atoms with Gasteiger partial charge in [0.05, 0.1) is 17.8 Å². The van der Waals surface area contributed by atoms with Gasteiger partial charge in [0.2, 0.25) is 0 Å². The standard InChI is InChI=1S/C26H22Cl2N2O3/c1-33-21-10-7-19(8-11-21)18-5-2-17(3-6-18)4-13-25-29-24(15-30(25)16-26(31)32)22-12-9-20(27)14-23(22)28/h2-3,5-12,14-15H,4,13,16H2,1H3,(H,31,32). The molecule has 0 saturated carbocycles. The second-order valence-electron chi connectivity index (χ2n) is 7.61. The number of imidazole rings is 1. The van der Waals surface area contributed by atoms with Crippen molar-refractivity contribution >= 4 is 29.2 Å². The van der Waals surface area contributed by atoms with Crippen molar-refractivity contribution in [3.05, 3.63) is 94.4 Å². The van der Waals surface area contributed by atoms with Crippen LogP contribution in [0.3, 0.4) is 0 Å². The van der Waals surface area contributed by atoms with E-state index in [2.05, 4.69) is 29.2 Å². The number of methoxy groups -OCH3 is 1. The quantitative estimate of drug-likeness (QED) is 0.316. The molecule has 1 aromatic heterocycles. The Morgan fingerprint density at radius 1 is 0.970 bits per heavy atom. The molecular weight excluding hydrogens is 459 g/mol. The third-order valence-corrected chi connectivity index (χ3v) is 5.93. The number of aryl methyl sites for hydroxylation is 2. The number of hydrogen-bond donors (Lipinski definition) is 1. The van der Waals surface area contributed by atoms with Crippen molar-refractivity contribution in [2.75, 3.05) is 7.11 Å². The van der Waals surface area contributed by atoms with Gasteiger partial charge < -0.3 is 14.4 Å². The van der Waals surface area contributed by atoms with Gasteiger partial charge in [-0.2, -0.15) is 0 Å². The van der Waals surface area contributed by atoms with E-state index in [1.165, 1.54) is 0 Å². The summed E-state index contributed by atoms with van der Waals surface area (Å²) in [7, 11) is 1.65. The predicted molar refractivity (Wildman–Crippen MR) is 131 cm³/mol. The zero-order valence-electron chi connectivity index (χ0n) is 18.0. The molecule has 3 aromatic carbocycles. The fourth-order valence-electron chi connectivity index (χ4n) is 3.67. The summed E-state index contributed by atoms with van der Waals surface area (Å²) in [5, 5.41) is 10.3. The summed E-state index contributed by atoms with van der Waals surface area (Å²) in [5.74, 6) is 0.593. The Hall–Kier alpha value is -3.28. The Balaban J connectivity index is 1.52. The third-order valence-electron chi connectivity index (χ3n) is 5.39. The lowest BCUT2D eigenvalue weighted by molar-refractivity contribution is -0.137. The van der Waals surface area contributed by atoms with Crippen LogP contribution in [-0.4, -0.2) is 27.7 Å². The predicted octanol–water partition coefficient (Wildman–Crippen LogP) is 6.40. The van der Waals surface area contributed by atoms with Crippen molar-refractivity contribution in [2.24, 2.45) is 0 Å². The van der Waals surface area contributed by atoms with E-state index in [4.69, 9.17) is 27.9 Å². The van der Waals surface area contributed by atoms with E-state index >= 15 is 0 Å². The third kappa shape index (κ3) is 5.56. The summed E-state index contributed by atoms with van der Waals surface area (Å²) in [6, 6.07) is 21.5. The van der Waals surface area contributed by atoms with Crippen LogP contribution in [0.2, 0.25) is 10.0 Å². The molecule has 0 aliphatic rings. The smallest absolute Gasteiger partial charge is 0.323 e. The molecule has 4 aromatic rings. The van der Waals surface area contributed by atoms with E-state index in [0.717, 1.165) is 34.4 Å². The zero-order chi connectivity index (χ0) is 23.4. The monoisotopic (exact) mass is 480 g/mol. The maximum Gasteiger partial charge on any atom is 0.323 e. The number of aliphatic carboxylic acids is 1. The van der Waals surface area contributed by atoms with Gasteiger partial charge in [0, 0.05) is 23.2 Å². The van der Waals surface area contributed by atoms with E-state index in [1.807, 2.05) is 24.3 Å². The molecule has 4 rings (SSSR count). The minimum Gasteiger partial charge on any atom is -0.497 e. The molecule has 0 fully saturated rings. The molecule has 0 radical (unpaired) electrons. The van der Waals surface area contributed by atoms with Crippen molar-refractivity contribution in [1.29, 1.82) is 0 Å². The number of benzene rings is 3. The molecule has 168 valence electrons. The van der Waals surface area contributed by atoms with Gasteiger partial charge in [-0.15, -0.1) is 0 Å². The summed E-state index contributed by atoms with van der Waals surface area (Å²) in [6.45, 7) is -0.163. The second-order valence-corrected chi connectivity index (χ2v) is 8.46. The highest BCUT2D eigenvalue weighted by Crippen LogP contribution is 2.30. The maximum atomic E-state index is 11.4. The van der Waals surface area contributed by atoms with Gasteiger partial charge in [-0.05, 0) is 53.4 Å². The fourth-order valence-corrected chi connectivity index (χ4v) is 4.17. The molecule has 0 saturated heterocycles. The van der Waals surface area contributed by atoms with Gasteiger partial charge in [0.25, 0.3) is 0 Å². The Morgan fingerprint density at radius 2 is 1.64 bits per heavy atom. The van der Waals surface area contributed by atoms with Gasteiger partial charge in [-0.1, -0.05) is 59.6 Å². The lowest BCUT2D eigenvalue weighted by atomic mass is 10.0. The van der Waals surface area contributed by atoms with E-state index < -0.39 is 5.97 Å². The highest BCUT2D eigenvalue weighted by molar-refractivity contribution is 6.36. The number of carboxylic acid groups (broad SMARTS) is 1. The second kappa shape index (κ2) is 10.1. The Kier molecular flexibility index (Phi) is 7.02. The van der Waals surface area contributed by atoms with Crippen molar-refractivity contribution in [2.45, 2.75) is 19.4 Å². The molecule has 0 aliphatic heterocycles. The van der Waals surface area contributed by atoms with Gasteiger partial charge in [0.1, 0.15) is 18.1 Å². The summed E-state index contributed by atoms with van der Waals surface area (Å²) in [5.41, 5.74) is 4.72. The number of halogens is 2. The summed E-state index contributed by atoms with van der Waals surface area (Å²) in [6.07, 6.45) is 3.05. The molecule has 0 atom stereocenters. The van der Waals surface area contributed by atoms with Crippen LogP contribution in [0.15, 0.2) is 72.9 Å². The van der Waals surface area contributed by atoms with Crippen LogP contribution in [-0.2, 0) is 24.2 Å². The number of hydrogen-bond acceptors (Lipinski definition) is 3. The highest BCUT2D eigenvalue weighted by Gasteiger charge is 2.14. The molecule has 0 unspecified atom stereocenters. The van der Waals surface area contributed by atoms with Crippen LogP contribution >= 0.6 is 23.2 Å². The van der Waals surface area contributed by atoms with Crippen molar-refractivity contribution in [3.63, 3.8) is 0 Å². The number of ether oxygens (including phenoxy) is 1. The van der Waals surface area contributed by atoms with Gasteiger partial charge in [0.15, 0.2) is 0 Å². The Bertz CT molecular complexity index is 1270. The van der Waals surface area contributed by atoms with Crippen LogP contribution in [0.4, 0.5) is 0 Å². The topological polar surface area (TPSA) is 64.4 Å². The first-order chi connectivity index (χ1) is 15.9. The van der Waals surface area contributed by atoms with E-state index in [0.29, 0.717) is 28.0 Å². The summed E-state index contributed by atoms with van der Waals surface area (Å²) < 4.78 is 6.88. The van der Waals surface area contributed by atoms with Gasteiger partial charge in [-0.25, -0.2) is 4.98 Å². The molecule has 0 aliphatic carbocycles. The number of rotatable bonds is 8.